The van der Waals surface area contributed by atoms with E-state index in [1.807, 2.05) is 11.8 Å². The van der Waals surface area contributed by atoms with E-state index in [0.29, 0.717) is 24.9 Å². The van der Waals surface area contributed by atoms with Crippen molar-refractivity contribution in [2.75, 3.05) is 26.2 Å². The molecule has 0 aromatic rings. The molecule has 1 N–H and O–H groups in total. The Morgan fingerprint density at radius 1 is 1.53 bits per heavy atom. The summed E-state index contributed by atoms with van der Waals surface area (Å²) in [5.41, 5.74) is 0. The van der Waals surface area contributed by atoms with Crippen LogP contribution in [0.2, 0.25) is 0 Å². The van der Waals surface area contributed by atoms with Crippen LogP contribution in [0.1, 0.15) is 33.1 Å². The zero-order chi connectivity index (χ0) is 12.3. The normalized spacial score (nSPS) is 34.0. The first-order valence-corrected chi connectivity index (χ1v) is 6.82. The first-order chi connectivity index (χ1) is 8.20. The van der Waals surface area contributed by atoms with Crippen LogP contribution in [-0.4, -0.2) is 49.2 Å². The van der Waals surface area contributed by atoms with Gasteiger partial charge in [-0.25, -0.2) is 0 Å². The predicted molar refractivity (Wildman–Crippen MR) is 66.8 cm³/mol. The van der Waals surface area contributed by atoms with E-state index in [1.165, 1.54) is 0 Å². The van der Waals surface area contributed by atoms with Crippen molar-refractivity contribution in [3.05, 3.63) is 0 Å². The Morgan fingerprint density at radius 3 is 3.00 bits per heavy atom. The van der Waals surface area contributed by atoms with Crippen molar-refractivity contribution < 1.29 is 9.53 Å². The van der Waals surface area contributed by atoms with Gasteiger partial charge in [-0.1, -0.05) is 6.92 Å². The molecule has 0 bridgehead atoms. The SMILES string of the molecule is CCC1COC(C)CN1C(=O)CC1CCNC1. The molecule has 17 heavy (non-hydrogen) atoms. The largest absolute Gasteiger partial charge is 0.375 e. The van der Waals surface area contributed by atoms with Crippen LogP contribution in [0.4, 0.5) is 0 Å². The van der Waals surface area contributed by atoms with Crippen LogP contribution >= 0.6 is 0 Å². The molecule has 3 atom stereocenters. The third-order valence-electron chi connectivity index (χ3n) is 3.88. The lowest BCUT2D eigenvalue weighted by Gasteiger charge is -2.38. The molecule has 0 radical (unpaired) electrons. The highest BCUT2D eigenvalue weighted by Gasteiger charge is 2.30. The Bertz CT molecular complexity index is 264. The highest BCUT2D eigenvalue weighted by molar-refractivity contribution is 5.77. The van der Waals surface area contributed by atoms with E-state index >= 15 is 0 Å². The molecule has 2 saturated heterocycles. The van der Waals surface area contributed by atoms with Gasteiger partial charge in [0, 0.05) is 13.0 Å². The molecular weight excluding hydrogens is 216 g/mol. The number of ether oxygens (including phenoxy) is 1. The molecule has 2 aliphatic heterocycles. The molecule has 0 saturated carbocycles. The average Bonchev–Trinajstić information content (AvgIpc) is 2.81. The topological polar surface area (TPSA) is 41.6 Å². The number of rotatable bonds is 3. The standard InChI is InChI=1S/C13H24N2O2/c1-3-12-9-17-10(2)8-15(12)13(16)6-11-4-5-14-7-11/h10-12,14H,3-9H2,1-2H3. The second kappa shape index (κ2) is 5.83. The highest BCUT2D eigenvalue weighted by atomic mass is 16.5. The maximum atomic E-state index is 12.3. The molecule has 4 nitrogen and oxygen atoms in total. The lowest BCUT2D eigenvalue weighted by Crippen LogP contribution is -2.51. The summed E-state index contributed by atoms with van der Waals surface area (Å²) in [4.78, 5) is 14.4. The zero-order valence-corrected chi connectivity index (χ0v) is 10.9. The number of hydrogen-bond donors (Lipinski definition) is 1. The van der Waals surface area contributed by atoms with Gasteiger partial charge in [-0.15, -0.1) is 0 Å². The second-order valence-electron chi connectivity index (χ2n) is 5.32. The van der Waals surface area contributed by atoms with Crippen LogP contribution < -0.4 is 5.32 Å². The van der Waals surface area contributed by atoms with Gasteiger partial charge in [0.2, 0.25) is 5.91 Å². The van der Waals surface area contributed by atoms with Gasteiger partial charge < -0.3 is 15.0 Å². The maximum Gasteiger partial charge on any atom is 0.223 e. The van der Waals surface area contributed by atoms with Crippen molar-refractivity contribution in [1.82, 2.24) is 10.2 Å². The van der Waals surface area contributed by atoms with Gasteiger partial charge in [-0.3, -0.25) is 4.79 Å². The van der Waals surface area contributed by atoms with Gasteiger partial charge >= 0.3 is 0 Å². The highest BCUT2D eigenvalue weighted by Crippen LogP contribution is 2.19. The molecule has 2 fully saturated rings. The van der Waals surface area contributed by atoms with Crippen molar-refractivity contribution in [2.45, 2.75) is 45.3 Å². The summed E-state index contributed by atoms with van der Waals surface area (Å²) >= 11 is 0. The van der Waals surface area contributed by atoms with Crippen molar-refractivity contribution in [3.63, 3.8) is 0 Å². The third-order valence-corrected chi connectivity index (χ3v) is 3.88. The van der Waals surface area contributed by atoms with Gasteiger partial charge in [-0.05, 0) is 38.8 Å². The van der Waals surface area contributed by atoms with Crippen LogP contribution in [0, 0.1) is 5.92 Å². The number of nitrogens with zero attached hydrogens (tertiary/aromatic N) is 1. The lowest BCUT2D eigenvalue weighted by molar-refractivity contribution is -0.145. The number of carbonyl (C=O) groups excluding carboxylic acids is 1. The smallest absolute Gasteiger partial charge is 0.223 e. The number of amides is 1. The molecule has 4 heteroatoms. The summed E-state index contributed by atoms with van der Waals surface area (Å²) in [6.45, 7) is 7.70. The van der Waals surface area contributed by atoms with Crippen LogP contribution in [0.3, 0.4) is 0 Å². The number of morpholine rings is 1. The number of carbonyl (C=O) groups is 1. The summed E-state index contributed by atoms with van der Waals surface area (Å²) in [5.74, 6) is 0.860. The fourth-order valence-electron chi connectivity index (χ4n) is 2.74. The van der Waals surface area contributed by atoms with Gasteiger partial charge in [0.25, 0.3) is 0 Å². The van der Waals surface area contributed by atoms with Crippen LogP contribution in [-0.2, 0) is 9.53 Å². The third kappa shape index (κ3) is 3.19. The summed E-state index contributed by atoms with van der Waals surface area (Å²) < 4.78 is 5.63. The van der Waals surface area contributed by atoms with Crippen molar-refractivity contribution >= 4 is 5.91 Å². The van der Waals surface area contributed by atoms with Gasteiger partial charge in [0.15, 0.2) is 0 Å². The molecule has 3 unspecified atom stereocenters. The van der Waals surface area contributed by atoms with Crippen LogP contribution in [0.25, 0.3) is 0 Å². The molecule has 0 spiro atoms. The van der Waals surface area contributed by atoms with E-state index in [4.69, 9.17) is 4.74 Å². The average molecular weight is 240 g/mol. The maximum absolute atomic E-state index is 12.3. The minimum absolute atomic E-state index is 0.184. The molecule has 0 aromatic heterocycles. The summed E-state index contributed by atoms with van der Waals surface area (Å²) in [5, 5.41) is 3.32. The monoisotopic (exact) mass is 240 g/mol. The molecule has 0 aromatic carbocycles. The number of hydrogen-bond acceptors (Lipinski definition) is 3. The lowest BCUT2D eigenvalue weighted by atomic mass is 10.0. The molecule has 98 valence electrons. The Balaban J connectivity index is 1.90. The van der Waals surface area contributed by atoms with Crippen molar-refractivity contribution in [2.24, 2.45) is 5.92 Å². The van der Waals surface area contributed by atoms with Gasteiger partial charge in [-0.2, -0.15) is 0 Å². The second-order valence-corrected chi connectivity index (χ2v) is 5.32. The van der Waals surface area contributed by atoms with E-state index in [2.05, 4.69) is 12.2 Å². The summed E-state index contributed by atoms with van der Waals surface area (Å²) in [6, 6.07) is 0.285. The van der Waals surface area contributed by atoms with E-state index in [0.717, 1.165) is 32.5 Å². The predicted octanol–water partition coefficient (Wildman–Crippen LogP) is 1.01. The molecular formula is C13H24N2O2. The van der Waals surface area contributed by atoms with Gasteiger partial charge in [0.1, 0.15) is 0 Å². The minimum atomic E-state index is 0.184. The Morgan fingerprint density at radius 2 is 2.35 bits per heavy atom. The molecule has 2 heterocycles. The zero-order valence-electron chi connectivity index (χ0n) is 10.9. The molecule has 1 amide bonds. The van der Waals surface area contributed by atoms with E-state index in [9.17, 15) is 4.79 Å². The fourth-order valence-corrected chi connectivity index (χ4v) is 2.74. The Kier molecular flexibility index (Phi) is 4.40. The molecule has 2 aliphatic rings. The van der Waals surface area contributed by atoms with Crippen LogP contribution in [0.15, 0.2) is 0 Å². The quantitative estimate of drug-likeness (QED) is 0.800. The van der Waals surface area contributed by atoms with Crippen molar-refractivity contribution in [1.29, 1.82) is 0 Å². The fraction of sp³-hybridized carbons (Fsp3) is 0.923. The molecule has 2 rings (SSSR count). The minimum Gasteiger partial charge on any atom is -0.375 e. The Labute approximate surface area is 104 Å². The first-order valence-electron chi connectivity index (χ1n) is 6.82. The Hall–Kier alpha value is -0.610. The number of nitrogens with one attached hydrogen (secondary N) is 1. The van der Waals surface area contributed by atoms with Gasteiger partial charge in [0.05, 0.1) is 18.8 Å². The van der Waals surface area contributed by atoms with E-state index < -0.39 is 0 Å². The van der Waals surface area contributed by atoms with Crippen molar-refractivity contribution in [3.8, 4) is 0 Å². The first kappa shape index (κ1) is 12.8. The summed E-state index contributed by atoms with van der Waals surface area (Å²) in [7, 11) is 0. The van der Waals surface area contributed by atoms with E-state index in [1.54, 1.807) is 0 Å². The van der Waals surface area contributed by atoms with E-state index in [-0.39, 0.29) is 12.1 Å². The molecule has 0 aliphatic carbocycles. The summed E-state index contributed by atoms with van der Waals surface area (Å²) in [6.07, 6.45) is 3.02. The van der Waals surface area contributed by atoms with Crippen LogP contribution in [0.5, 0.6) is 0 Å².